The van der Waals surface area contributed by atoms with Gasteiger partial charge in [-0.15, -0.1) is 0 Å². The summed E-state index contributed by atoms with van der Waals surface area (Å²) < 4.78 is 0. The van der Waals surface area contributed by atoms with Crippen molar-refractivity contribution in [2.45, 2.75) is 25.7 Å². The molecule has 1 heterocycles. The minimum atomic E-state index is -0.496. The van der Waals surface area contributed by atoms with Crippen LogP contribution in [-0.4, -0.2) is 29.1 Å². The molecule has 0 saturated heterocycles. The molecule has 6 nitrogen and oxygen atoms in total. The van der Waals surface area contributed by atoms with Crippen LogP contribution in [0.1, 0.15) is 35.4 Å². The molecule has 1 aromatic rings. The van der Waals surface area contributed by atoms with E-state index in [4.69, 9.17) is 0 Å². The van der Waals surface area contributed by atoms with E-state index in [-0.39, 0.29) is 23.4 Å². The van der Waals surface area contributed by atoms with E-state index >= 15 is 0 Å². The summed E-state index contributed by atoms with van der Waals surface area (Å²) in [4.78, 5) is 22.4. The minimum absolute atomic E-state index is 0.0268. The van der Waals surface area contributed by atoms with Crippen LogP contribution < -0.4 is 5.32 Å². The molecule has 2 N–H and O–H groups in total. The Morgan fingerprint density at radius 2 is 2.10 bits per heavy atom. The first-order valence-corrected chi connectivity index (χ1v) is 7.56. The Morgan fingerprint density at radius 1 is 1.40 bits per heavy atom. The number of nitrogens with zero attached hydrogens (tertiary/aromatic N) is 1. The van der Waals surface area contributed by atoms with Crippen molar-refractivity contribution < 1.29 is 14.8 Å². The smallest absolute Gasteiger partial charge is 0.324 e. The van der Waals surface area contributed by atoms with Crippen molar-refractivity contribution in [3.8, 4) is 0 Å². The lowest BCUT2D eigenvalue weighted by atomic mass is 9.79. The molecular formula is C13H18N2O4S. The molecule has 0 spiro atoms. The summed E-state index contributed by atoms with van der Waals surface area (Å²) in [5.41, 5.74) is 0. The van der Waals surface area contributed by atoms with Crippen LogP contribution in [0.15, 0.2) is 12.1 Å². The van der Waals surface area contributed by atoms with Crippen LogP contribution in [0, 0.1) is 22.0 Å². The number of hydrogen-bond donors (Lipinski definition) is 2. The second kappa shape index (κ2) is 6.81. The van der Waals surface area contributed by atoms with E-state index in [9.17, 15) is 20.0 Å². The van der Waals surface area contributed by atoms with Gasteiger partial charge in [-0.1, -0.05) is 24.2 Å². The molecule has 7 heteroatoms. The molecule has 110 valence electrons. The fourth-order valence-corrected chi connectivity index (χ4v) is 3.39. The number of carbonyl (C=O) groups is 1. The van der Waals surface area contributed by atoms with Gasteiger partial charge in [0.25, 0.3) is 5.91 Å². The van der Waals surface area contributed by atoms with Gasteiger partial charge in [0, 0.05) is 19.2 Å². The van der Waals surface area contributed by atoms with Crippen molar-refractivity contribution in [3.63, 3.8) is 0 Å². The molecule has 1 amide bonds. The molecule has 1 fully saturated rings. The predicted octanol–water partition coefficient (Wildman–Crippen LogP) is 2.18. The first-order valence-electron chi connectivity index (χ1n) is 6.75. The molecule has 1 aliphatic carbocycles. The highest BCUT2D eigenvalue weighted by molar-refractivity contribution is 7.17. The summed E-state index contributed by atoms with van der Waals surface area (Å²) >= 11 is 0.882. The fourth-order valence-electron chi connectivity index (χ4n) is 2.65. The predicted molar refractivity (Wildman–Crippen MR) is 75.8 cm³/mol. The number of nitrogens with one attached hydrogen (secondary N) is 1. The van der Waals surface area contributed by atoms with Crippen LogP contribution >= 0.6 is 11.3 Å². The normalized spacial score (nSPS) is 22.4. The number of aliphatic hydroxyl groups is 1. The largest absolute Gasteiger partial charge is 0.396 e. The van der Waals surface area contributed by atoms with Gasteiger partial charge >= 0.3 is 5.00 Å². The zero-order valence-electron chi connectivity index (χ0n) is 11.1. The van der Waals surface area contributed by atoms with Gasteiger partial charge in [0.15, 0.2) is 0 Å². The van der Waals surface area contributed by atoms with Gasteiger partial charge in [0.05, 0.1) is 9.80 Å². The SMILES string of the molecule is O=C(NCC1CCCCC1CO)c1ccc([N+](=O)[O-])s1. The van der Waals surface area contributed by atoms with Crippen molar-refractivity contribution in [3.05, 3.63) is 27.1 Å². The summed E-state index contributed by atoms with van der Waals surface area (Å²) in [5.74, 6) is 0.278. The maximum Gasteiger partial charge on any atom is 0.324 e. The lowest BCUT2D eigenvalue weighted by Crippen LogP contribution is -2.35. The Morgan fingerprint density at radius 3 is 2.70 bits per heavy atom. The average molecular weight is 298 g/mol. The van der Waals surface area contributed by atoms with Crippen LogP contribution in [0.4, 0.5) is 5.00 Å². The monoisotopic (exact) mass is 298 g/mol. The summed E-state index contributed by atoms with van der Waals surface area (Å²) in [5, 5.41) is 22.7. The molecule has 1 aromatic heterocycles. The molecule has 0 aliphatic heterocycles. The third-order valence-electron chi connectivity index (χ3n) is 3.82. The second-order valence-electron chi connectivity index (χ2n) is 5.09. The average Bonchev–Trinajstić information content (AvgIpc) is 2.95. The zero-order valence-corrected chi connectivity index (χ0v) is 11.9. The van der Waals surface area contributed by atoms with Crippen molar-refractivity contribution in [2.24, 2.45) is 11.8 Å². The summed E-state index contributed by atoms with van der Waals surface area (Å²) in [7, 11) is 0. The topological polar surface area (TPSA) is 92.5 Å². The third-order valence-corrected chi connectivity index (χ3v) is 4.86. The minimum Gasteiger partial charge on any atom is -0.396 e. The molecule has 0 aromatic carbocycles. The Balaban J connectivity index is 1.89. The van der Waals surface area contributed by atoms with Gasteiger partial charge in [0.1, 0.15) is 0 Å². The molecule has 2 rings (SSSR count). The molecule has 1 aliphatic rings. The van der Waals surface area contributed by atoms with Crippen LogP contribution in [0.5, 0.6) is 0 Å². The number of carbonyl (C=O) groups excluding carboxylic acids is 1. The van der Waals surface area contributed by atoms with Crippen LogP contribution in [0.25, 0.3) is 0 Å². The Bertz CT molecular complexity index is 488. The molecule has 0 radical (unpaired) electrons. The highest BCUT2D eigenvalue weighted by Gasteiger charge is 2.25. The fraction of sp³-hybridized carbons (Fsp3) is 0.615. The van der Waals surface area contributed by atoms with E-state index in [2.05, 4.69) is 5.32 Å². The van der Waals surface area contributed by atoms with E-state index in [0.717, 1.165) is 37.0 Å². The number of hydrogen-bond acceptors (Lipinski definition) is 5. The Labute approximate surface area is 121 Å². The number of nitro groups is 1. The lowest BCUT2D eigenvalue weighted by Gasteiger charge is -2.30. The standard InChI is InChI=1S/C13H18N2O4S/c16-8-10-4-2-1-3-9(10)7-14-13(17)11-5-6-12(20-11)15(18)19/h5-6,9-10,16H,1-4,7-8H2,(H,14,17). The number of aliphatic hydroxyl groups excluding tert-OH is 1. The van der Waals surface area contributed by atoms with Gasteiger partial charge in [-0.2, -0.15) is 0 Å². The van der Waals surface area contributed by atoms with E-state index < -0.39 is 4.92 Å². The number of amides is 1. The van der Waals surface area contributed by atoms with Crippen molar-refractivity contribution in [2.75, 3.05) is 13.2 Å². The van der Waals surface area contributed by atoms with Crippen LogP contribution in [0.2, 0.25) is 0 Å². The van der Waals surface area contributed by atoms with E-state index in [1.54, 1.807) is 0 Å². The van der Waals surface area contributed by atoms with Gasteiger partial charge in [-0.25, -0.2) is 0 Å². The van der Waals surface area contributed by atoms with Crippen LogP contribution in [-0.2, 0) is 0 Å². The first-order chi connectivity index (χ1) is 9.61. The van der Waals surface area contributed by atoms with Crippen molar-refractivity contribution >= 4 is 22.2 Å². The van der Waals surface area contributed by atoms with E-state index in [0.29, 0.717) is 17.3 Å². The Kier molecular flexibility index (Phi) is 5.08. The molecule has 2 atom stereocenters. The maximum absolute atomic E-state index is 11.9. The van der Waals surface area contributed by atoms with Crippen molar-refractivity contribution in [1.29, 1.82) is 0 Å². The van der Waals surface area contributed by atoms with Gasteiger partial charge in [-0.05, 0) is 30.7 Å². The summed E-state index contributed by atoms with van der Waals surface area (Å²) in [6.07, 6.45) is 4.27. The first kappa shape index (κ1) is 14.9. The lowest BCUT2D eigenvalue weighted by molar-refractivity contribution is -0.380. The molecule has 0 bridgehead atoms. The number of rotatable bonds is 5. The summed E-state index contributed by atoms with van der Waals surface area (Å²) in [6.45, 7) is 0.681. The van der Waals surface area contributed by atoms with E-state index in [1.165, 1.54) is 12.1 Å². The molecule has 2 unspecified atom stereocenters. The molecular weight excluding hydrogens is 280 g/mol. The molecule has 1 saturated carbocycles. The van der Waals surface area contributed by atoms with Crippen molar-refractivity contribution in [1.82, 2.24) is 5.32 Å². The van der Waals surface area contributed by atoms with Gasteiger partial charge < -0.3 is 10.4 Å². The third kappa shape index (κ3) is 3.55. The van der Waals surface area contributed by atoms with Gasteiger partial charge in [-0.3, -0.25) is 14.9 Å². The van der Waals surface area contributed by atoms with Gasteiger partial charge in [0.2, 0.25) is 0 Å². The Hall–Kier alpha value is -1.47. The number of thiophene rings is 1. The quantitative estimate of drug-likeness (QED) is 0.643. The van der Waals surface area contributed by atoms with E-state index in [1.807, 2.05) is 0 Å². The second-order valence-corrected chi connectivity index (χ2v) is 6.15. The maximum atomic E-state index is 11.9. The summed E-state index contributed by atoms with van der Waals surface area (Å²) in [6, 6.07) is 2.82. The zero-order chi connectivity index (χ0) is 14.5. The highest BCUT2D eigenvalue weighted by atomic mass is 32.1. The van der Waals surface area contributed by atoms with Crippen LogP contribution in [0.3, 0.4) is 0 Å². The molecule has 20 heavy (non-hydrogen) atoms. The highest BCUT2D eigenvalue weighted by Crippen LogP contribution is 2.29.